The van der Waals surface area contributed by atoms with E-state index in [1.54, 1.807) is 18.2 Å². The Morgan fingerprint density at radius 2 is 1.79 bits per heavy atom. The number of hydrogen-bond donors (Lipinski definition) is 3. The summed E-state index contributed by atoms with van der Waals surface area (Å²) in [5.41, 5.74) is 0.867. The van der Waals surface area contributed by atoms with E-state index in [9.17, 15) is 20.1 Å². The summed E-state index contributed by atoms with van der Waals surface area (Å²) in [5.74, 6) is 0.419. The Labute approximate surface area is 136 Å². The summed E-state index contributed by atoms with van der Waals surface area (Å²) < 4.78 is 10.9. The molecule has 4 rings (SSSR count). The SMILES string of the molecule is O=c1ccc2c(O)c3c(cc2o1)O[C@H](c1ccc(O)cc1)[C@H](O)C3. The van der Waals surface area contributed by atoms with Crippen molar-refractivity contribution in [3.05, 3.63) is 64.0 Å². The van der Waals surface area contributed by atoms with Crippen molar-refractivity contribution in [1.29, 1.82) is 0 Å². The molecule has 0 saturated carbocycles. The van der Waals surface area contributed by atoms with Crippen LogP contribution < -0.4 is 10.4 Å². The number of aliphatic hydroxyl groups excluding tert-OH is 1. The molecule has 2 aromatic carbocycles. The van der Waals surface area contributed by atoms with E-state index in [1.807, 2.05) is 0 Å². The van der Waals surface area contributed by atoms with Gasteiger partial charge in [-0.2, -0.15) is 0 Å². The monoisotopic (exact) mass is 326 g/mol. The fourth-order valence-corrected chi connectivity index (χ4v) is 3.01. The van der Waals surface area contributed by atoms with Gasteiger partial charge in [-0.15, -0.1) is 0 Å². The highest BCUT2D eigenvalue weighted by molar-refractivity contribution is 5.87. The zero-order valence-electron chi connectivity index (χ0n) is 12.5. The highest BCUT2D eigenvalue weighted by atomic mass is 16.5. The van der Waals surface area contributed by atoms with Gasteiger partial charge in [0, 0.05) is 24.1 Å². The van der Waals surface area contributed by atoms with Crippen LogP contribution in [0.15, 0.2) is 51.7 Å². The van der Waals surface area contributed by atoms with E-state index in [2.05, 4.69) is 0 Å². The number of rotatable bonds is 1. The van der Waals surface area contributed by atoms with Crippen molar-refractivity contribution in [1.82, 2.24) is 0 Å². The first-order valence-electron chi connectivity index (χ1n) is 7.45. The van der Waals surface area contributed by atoms with Gasteiger partial charge < -0.3 is 24.5 Å². The number of aromatic hydroxyl groups is 2. The first-order valence-corrected chi connectivity index (χ1v) is 7.45. The Morgan fingerprint density at radius 1 is 1.04 bits per heavy atom. The molecular formula is C18H14O6. The minimum absolute atomic E-state index is 0.0607. The number of ether oxygens (including phenoxy) is 1. The number of hydrogen-bond acceptors (Lipinski definition) is 6. The molecule has 3 aromatic rings. The first kappa shape index (κ1) is 14.6. The van der Waals surface area contributed by atoms with E-state index in [-0.39, 0.29) is 23.5 Å². The Kier molecular flexibility index (Phi) is 3.21. The van der Waals surface area contributed by atoms with Gasteiger partial charge in [0.2, 0.25) is 0 Å². The Morgan fingerprint density at radius 3 is 2.54 bits per heavy atom. The third kappa shape index (κ3) is 2.28. The van der Waals surface area contributed by atoms with Crippen LogP contribution in [0, 0.1) is 0 Å². The van der Waals surface area contributed by atoms with Crippen LogP contribution in [0.1, 0.15) is 17.2 Å². The molecule has 0 aliphatic carbocycles. The van der Waals surface area contributed by atoms with Crippen LogP contribution in [0.25, 0.3) is 11.0 Å². The van der Waals surface area contributed by atoms with Gasteiger partial charge in [-0.3, -0.25) is 0 Å². The van der Waals surface area contributed by atoms with Crippen LogP contribution in [0.4, 0.5) is 0 Å². The van der Waals surface area contributed by atoms with Crippen LogP contribution >= 0.6 is 0 Å². The van der Waals surface area contributed by atoms with Crippen molar-refractivity contribution in [2.45, 2.75) is 18.6 Å². The summed E-state index contributed by atoms with van der Waals surface area (Å²) in [6, 6.07) is 10.6. The van der Waals surface area contributed by atoms with Gasteiger partial charge in [0.05, 0.1) is 11.5 Å². The second-order valence-electron chi connectivity index (χ2n) is 5.77. The second kappa shape index (κ2) is 5.28. The number of fused-ring (bicyclic) bond motifs is 2. The van der Waals surface area contributed by atoms with Gasteiger partial charge in [-0.05, 0) is 23.8 Å². The molecule has 6 nitrogen and oxygen atoms in total. The van der Waals surface area contributed by atoms with Crippen molar-refractivity contribution in [2.24, 2.45) is 0 Å². The maximum atomic E-state index is 11.4. The number of phenolic OH excluding ortho intramolecular Hbond substituents is 2. The van der Waals surface area contributed by atoms with Gasteiger partial charge in [0.1, 0.15) is 28.9 Å². The van der Waals surface area contributed by atoms with Crippen LogP contribution in [-0.4, -0.2) is 21.4 Å². The third-order valence-corrected chi connectivity index (χ3v) is 4.20. The molecule has 0 bridgehead atoms. The number of benzene rings is 2. The van der Waals surface area contributed by atoms with Gasteiger partial charge in [-0.25, -0.2) is 4.79 Å². The number of phenols is 2. The lowest BCUT2D eigenvalue weighted by atomic mass is 9.93. The highest BCUT2D eigenvalue weighted by Gasteiger charge is 2.32. The van der Waals surface area contributed by atoms with Gasteiger partial charge in [0.15, 0.2) is 0 Å². The van der Waals surface area contributed by atoms with Crippen molar-refractivity contribution >= 4 is 11.0 Å². The zero-order chi connectivity index (χ0) is 16.8. The normalized spacial score (nSPS) is 19.7. The predicted molar refractivity (Wildman–Crippen MR) is 85.3 cm³/mol. The average Bonchev–Trinajstić information content (AvgIpc) is 2.56. The fraction of sp³-hybridized carbons (Fsp3) is 0.167. The summed E-state index contributed by atoms with van der Waals surface area (Å²) in [6.45, 7) is 0. The summed E-state index contributed by atoms with van der Waals surface area (Å²) in [6.07, 6.45) is -1.31. The standard InChI is InChI=1S/C18H14O6/c19-10-3-1-9(2-4-10)18-13(20)7-12-15(24-18)8-14-11(17(12)22)5-6-16(21)23-14/h1-6,8,13,18-20,22H,7H2/t13-,18-/m1/s1. The lowest BCUT2D eigenvalue weighted by Crippen LogP contribution is -2.30. The molecule has 0 amide bonds. The van der Waals surface area contributed by atoms with Gasteiger partial charge >= 0.3 is 5.63 Å². The van der Waals surface area contributed by atoms with E-state index in [0.29, 0.717) is 22.3 Å². The molecule has 0 spiro atoms. The lowest BCUT2D eigenvalue weighted by Gasteiger charge is -2.31. The largest absolute Gasteiger partial charge is 0.508 e. The Bertz CT molecular complexity index is 973. The molecule has 0 fully saturated rings. The maximum Gasteiger partial charge on any atom is 0.336 e. The first-order chi connectivity index (χ1) is 11.5. The Balaban J connectivity index is 1.82. The van der Waals surface area contributed by atoms with Crippen molar-refractivity contribution in [3.8, 4) is 17.2 Å². The van der Waals surface area contributed by atoms with Crippen LogP contribution in [-0.2, 0) is 6.42 Å². The molecule has 1 aliphatic heterocycles. The molecule has 0 unspecified atom stereocenters. The molecule has 3 N–H and O–H groups in total. The number of aliphatic hydroxyl groups is 1. The van der Waals surface area contributed by atoms with Crippen LogP contribution in [0.3, 0.4) is 0 Å². The van der Waals surface area contributed by atoms with E-state index in [0.717, 1.165) is 0 Å². The summed E-state index contributed by atoms with van der Waals surface area (Å²) in [7, 11) is 0. The molecule has 1 aromatic heterocycles. The van der Waals surface area contributed by atoms with Gasteiger partial charge in [0.25, 0.3) is 0 Å². The summed E-state index contributed by atoms with van der Waals surface area (Å²) in [4.78, 5) is 11.4. The molecule has 1 aliphatic rings. The Hall–Kier alpha value is -2.99. The van der Waals surface area contributed by atoms with Gasteiger partial charge in [-0.1, -0.05) is 12.1 Å². The average molecular weight is 326 g/mol. The molecule has 24 heavy (non-hydrogen) atoms. The molecule has 122 valence electrons. The van der Waals surface area contributed by atoms with Crippen molar-refractivity contribution < 1.29 is 24.5 Å². The van der Waals surface area contributed by atoms with E-state index in [1.165, 1.54) is 24.3 Å². The molecule has 2 heterocycles. The molecule has 0 radical (unpaired) electrons. The quantitative estimate of drug-likeness (QED) is 0.593. The van der Waals surface area contributed by atoms with E-state index in [4.69, 9.17) is 9.15 Å². The van der Waals surface area contributed by atoms with Crippen LogP contribution in [0.5, 0.6) is 17.2 Å². The fourth-order valence-electron chi connectivity index (χ4n) is 3.01. The predicted octanol–water partition coefficient (Wildman–Crippen LogP) is 2.24. The lowest BCUT2D eigenvalue weighted by molar-refractivity contribution is 0.0201. The summed E-state index contributed by atoms with van der Waals surface area (Å²) >= 11 is 0. The molecule has 0 saturated heterocycles. The smallest absolute Gasteiger partial charge is 0.336 e. The minimum Gasteiger partial charge on any atom is -0.508 e. The topological polar surface area (TPSA) is 100 Å². The van der Waals surface area contributed by atoms with E-state index >= 15 is 0 Å². The second-order valence-corrected chi connectivity index (χ2v) is 5.77. The molecule has 6 heteroatoms. The zero-order valence-corrected chi connectivity index (χ0v) is 12.5. The minimum atomic E-state index is -0.860. The van der Waals surface area contributed by atoms with E-state index < -0.39 is 17.8 Å². The maximum absolute atomic E-state index is 11.4. The molecular weight excluding hydrogens is 312 g/mol. The third-order valence-electron chi connectivity index (χ3n) is 4.20. The highest BCUT2D eigenvalue weighted by Crippen LogP contribution is 2.43. The molecule has 2 atom stereocenters. The van der Waals surface area contributed by atoms with Crippen LogP contribution in [0.2, 0.25) is 0 Å². The summed E-state index contributed by atoms with van der Waals surface area (Å²) in [5, 5.41) is 30.6. The van der Waals surface area contributed by atoms with Crippen molar-refractivity contribution in [2.75, 3.05) is 0 Å². The van der Waals surface area contributed by atoms with Crippen molar-refractivity contribution in [3.63, 3.8) is 0 Å².